The van der Waals surface area contributed by atoms with Crippen LogP contribution in [0.4, 0.5) is 0 Å². The average molecular weight is 366 g/mol. The number of hydrogen-bond donors (Lipinski definition) is 1. The van der Waals surface area contributed by atoms with Crippen LogP contribution in [-0.2, 0) is 4.79 Å². The van der Waals surface area contributed by atoms with Crippen LogP contribution in [0.3, 0.4) is 0 Å². The van der Waals surface area contributed by atoms with Gasteiger partial charge in [-0.15, -0.1) is 0 Å². The lowest BCUT2D eigenvalue weighted by molar-refractivity contribution is -0.133. The van der Waals surface area contributed by atoms with Gasteiger partial charge in [-0.2, -0.15) is 0 Å². The molecule has 0 atom stereocenters. The van der Waals surface area contributed by atoms with E-state index in [4.69, 9.17) is 0 Å². The molecule has 3 heterocycles. The number of likely N-dealkylation sites (tertiary alicyclic amines) is 1. The molecular formula is C21H39N3O2. The quantitative estimate of drug-likeness (QED) is 0.753. The van der Waals surface area contributed by atoms with E-state index in [2.05, 4.69) is 28.8 Å². The average Bonchev–Trinajstić information content (AvgIpc) is 3.08. The summed E-state index contributed by atoms with van der Waals surface area (Å²) in [6.07, 6.45) is 10.3. The Morgan fingerprint density at radius 3 is 1.92 bits per heavy atom. The lowest BCUT2D eigenvalue weighted by Crippen LogP contribution is -2.55. The maximum Gasteiger partial charge on any atom is 0.222 e. The van der Waals surface area contributed by atoms with Gasteiger partial charge in [0, 0.05) is 45.2 Å². The van der Waals surface area contributed by atoms with Crippen LogP contribution in [0.1, 0.15) is 78.1 Å². The van der Waals surface area contributed by atoms with Crippen molar-refractivity contribution >= 4 is 5.91 Å². The molecule has 0 radical (unpaired) electrons. The predicted octanol–water partition coefficient (Wildman–Crippen LogP) is 3.03. The number of carbonyl (C=O) groups is 1. The van der Waals surface area contributed by atoms with E-state index >= 15 is 0 Å². The number of hydrogen-bond acceptors (Lipinski definition) is 4. The van der Waals surface area contributed by atoms with E-state index in [1.54, 1.807) is 0 Å². The fourth-order valence-electron chi connectivity index (χ4n) is 5.59. The number of amides is 1. The molecule has 0 aromatic heterocycles. The summed E-state index contributed by atoms with van der Waals surface area (Å²) in [4.78, 5) is 14.1. The third kappa shape index (κ3) is 4.42. The molecule has 3 rings (SSSR count). The first-order chi connectivity index (χ1) is 12.6. The number of piperidine rings is 2. The van der Waals surface area contributed by atoms with Gasteiger partial charge >= 0.3 is 0 Å². The van der Waals surface area contributed by atoms with Gasteiger partial charge in [0.15, 0.2) is 0 Å². The Kier molecular flexibility index (Phi) is 6.98. The number of aliphatic hydroxyl groups is 1. The minimum absolute atomic E-state index is 0.371. The van der Waals surface area contributed by atoms with Crippen LogP contribution >= 0.6 is 0 Å². The molecule has 3 aliphatic rings. The van der Waals surface area contributed by atoms with Crippen LogP contribution in [0.25, 0.3) is 0 Å². The van der Waals surface area contributed by atoms with Crippen LogP contribution in [0, 0.1) is 5.92 Å². The summed E-state index contributed by atoms with van der Waals surface area (Å²) in [7, 11) is 0. The Labute approximate surface area is 159 Å². The topological polar surface area (TPSA) is 47.0 Å². The van der Waals surface area contributed by atoms with Crippen LogP contribution in [0.2, 0.25) is 0 Å². The molecule has 5 nitrogen and oxygen atoms in total. The molecule has 0 aliphatic carbocycles. The van der Waals surface area contributed by atoms with Crippen molar-refractivity contribution in [3.63, 3.8) is 0 Å². The Hall–Kier alpha value is -0.650. The lowest BCUT2D eigenvalue weighted by atomic mass is 9.75. The number of rotatable bonds is 7. The Morgan fingerprint density at radius 2 is 1.46 bits per heavy atom. The second kappa shape index (κ2) is 9.03. The number of nitrogens with zero attached hydrogens (tertiary/aromatic N) is 3. The van der Waals surface area contributed by atoms with E-state index < -0.39 is 5.60 Å². The molecule has 0 aromatic rings. The summed E-state index contributed by atoms with van der Waals surface area (Å²) in [5.41, 5.74) is -0.446. The van der Waals surface area contributed by atoms with E-state index in [-0.39, 0.29) is 0 Å². The molecule has 26 heavy (non-hydrogen) atoms. The summed E-state index contributed by atoms with van der Waals surface area (Å²) in [6, 6.07) is 0.470. The minimum Gasteiger partial charge on any atom is -0.390 e. The fourth-order valence-corrected chi connectivity index (χ4v) is 5.59. The molecule has 3 aliphatic heterocycles. The fraction of sp³-hybridized carbons (Fsp3) is 0.952. The standard InChI is InChI=1S/C21H39N3O2/c1-3-11-21(26,12-4-2)18-7-14-22(15-8-18)23-16-9-19(10-17-23)24-13-5-6-20(24)25/h18-19,26H,3-17H2,1-2H3. The SMILES string of the molecule is CCCC(O)(CCC)C1CCN(N2CCC(N3CCCC3=O)CC2)CC1. The monoisotopic (exact) mass is 365 g/mol. The van der Waals surface area contributed by atoms with Crippen LogP contribution in [0.15, 0.2) is 0 Å². The van der Waals surface area contributed by atoms with Crippen molar-refractivity contribution in [3.8, 4) is 0 Å². The normalized spacial score (nSPS) is 25.3. The van der Waals surface area contributed by atoms with Crippen molar-refractivity contribution in [1.82, 2.24) is 14.9 Å². The molecule has 5 heteroatoms. The van der Waals surface area contributed by atoms with Gasteiger partial charge in [-0.1, -0.05) is 26.7 Å². The van der Waals surface area contributed by atoms with Gasteiger partial charge in [0.05, 0.1) is 5.60 Å². The smallest absolute Gasteiger partial charge is 0.222 e. The molecule has 0 aromatic carbocycles. The molecule has 0 saturated carbocycles. The lowest BCUT2D eigenvalue weighted by Gasteiger charge is -2.47. The first kappa shape index (κ1) is 20.1. The minimum atomic E-state index is -0.446. The maximum absolute atomic E-state index is 12.0. The Morgan fingerprint density at radius 1 is 0.923 bits per heavy atom. The molecule has 1 N–H and O–H groups in total. The highest BCUT2D eigenvalue weighted by molar-refractivity contribution is 5.78. The van der Waals surface area contributed by atoms with E-state index in [1.165, 1.54) is 0 Å². The molecule has 0 spiro atoms. The van der Waals surface area contributed by atoms with Crippen LogP contribution in [0.5, 0.6) is 0 Å². The summed E-state index contributed by atoms with van der Waals surface area (Å²) >= 11 is 0. The highest BCUT2D eigenvalue weighted by Crippen LogP contribution is 2.36. The number of hydrazine groups is 1. The van der Waals surface area contributed by atoms with Gasteiger partial charge < -0.3 is 10.0 Å². The van der Waals surface area contributed by atoms with Crippen molar-refractivity contribution in [2.24, 2.45) is 5.92 Å². The molecule has 150 valence electrons. The summed E-state index contributed by atoms with van der Waals surface area (Å²) in [6.45, 7) is 9.65. The van der Waals surface area contributed by atoms with E-state index in [0.717, 1.165) is 96.9 Å². The van der Waals surface area contributed by atoms with Gasteiger partial charge in [0.2, 0.25) is 5.91 Å². The Bertz CT molecular complexity index is 448. The van der Waals surface area contributed by atoms with Gasteiger partial charge in [-0.25, -0.2) is 10.0 Å². The summed E-state index contributed by atoms with van der Waals surface area (Å²) in [5.74, 6) is 0.828. The summed E-state index contributed by atoms with van der Waals surface area (Å²) < 4.78 is 0. The first-order valence-electron chi connectivity index (χ1n) is 11.1. The Balaban J connectivity index is 1.46. The van der Waals surface area contributed by atoms with E-state index in [9.17, 15) is 9.90 Å². The van der Waals surface area contributed by atoms with Crippen molar-refractivity contribution in [2.75, 3.05) is 32.7 Å². The molecule has 3 fully saturated rings. The molecule has 0 unspecified atom stereocenters. The van der Waals surface area contributed by atoms with Gasteiger partial charge in [0.25, 0.3) is 0 Å². The predicted molar refractivity (Wildman–Crippen MR) is 105 cm³/mol. The zero-order valence-corrected chi connectivity index (χ0v) is 17.0. The highest BCUT2D eigenvalue weighted by Gasteiger charge is 2.39. The van der Waals surface area contributed by atoms with Crippen LogP contribution in [-0.4, -0.2) is 70.3 Å². The largest absolute Gasteiger partial charge is 0.390 e. The third-order valence-electron chi connectivity index (χ3n) is 6.99. The van der Waals surface area contributed by atoms with E-state index in [1.807, 2.05) is 0 Å². The highest BCUT2D eigenvalue weighted by atomic mass is 16.3. The van der Waals surface area contributed by atoms with Crippen molar-refractivity contribution < 1.29 is 9.90 Å². The second-order valence-corrected chi connectivity index (χ2v) is 8.71. The summed E-state index contributed by atoms with van der Waals surface area (Å²) in [5, 5.41) is 16.2. The van der Waals surface area contributed by atoms with Crippen molar-refractivity contribution in [2.45, 2.75) is 89.7 Å². The third-order valence-corrected chi connectivity index (χ3v) is 6.99. The van der Waals surface area contributed by atoms with Gasteiger partial charge in [-0.05, 0) is 50.9 Å². The zero-order valence-electron chi connectivity index (χ0n) is 17.0. The first-order valence-corrected chi connectivity index (χ1v) is 11.1. The molecule has 0 bridgehead atoms. The second-order valence-electron chi connectivity index (χ2n) is 8.71. The molecule has 1 amide bonds. The zero-order chi connectivity index (χ0) is 18.6. The van der Waals surface area contributed by atoms with Crippen LogP contribution < -0.4 is 0 Å². The van der Waals surface area contributed by atoms with Crippen molar-refractivity contribution in [3.05, 3.63) is 0 Å². The molecular weight excluding hydrogens is 326 g/mol. The van der Waals surface area contributed by atoms with Crippen molar-refractivity contribution in [1.29, 1.82) is 0 Å². The van der Waals surface area contributed by atoms with Gasteiger partial charge in [-0.3, -0.25) is 4.79 Å². The van der Waals surface area contributed by atoms with Gasteiger partial charge in [0.1, 0.15) is 0 Å². The number of carbonyl (C=O) groups excluding carboxylic acids is 1. The van der Waals surface area contributed by atoms with E-state index in [0.29, 0.717) is 17.9 Å². The molecule has 3 saturated heterocycles. The maximum atomic E-state index is 12.0.